The molecular weight excluding hydrogens is 128 g/mol. The molecule has 3 fully saturated rings. The molecule has 0 heterocycles. The van der Waals surface area contributed by atoms with Crippen molar-refractivity contribution < 1.29 is 9.90 Å². The van der Waals surface area contributed by atoms with Crippen molar-refractivity contribution in [1.29, 1.82) is 0 Å². The Hall–Kier alpha value is -0.970. The lowest BCUT2D eigenvalue weighted by Gasteiger charge is -2.58. The highest BCUT2D eigenvalue weighted by atomic mass is 16.4. The summed E-state index contributed by atoms with van der Waals surface area (Å²) in [5.74, 6) is 4.89. The van der Waals surface area contributed by atoms with Gasteiger partial charge in [0.2, 0.25) is 0 Å². The minimum atomic E-state index is -0.996. The molecule has 3 aliphatic rings. The summed E-state index contributed by atoms with van der Waals surface area (Å²) < 4.78 is 0. The van der Waals surface area contributed by atoms with E-state index in [2.05, 4.69) is 11.8 Å². The highest BCUT2D eigenvalue weighted by Crippen LogP contribution is 2.63. The predicted molar refractivity (Wildman–Crippen MR) is 35.2 cm³/mol. The normalized spacial score (nSPS) is 40.2. The van der Waals surface area contributed by atoms with Crippen LogP contribution in [0.4, 0.5) is 0 Å². The minimum absolute atomic E-state index is 0.156. The molecule has 10 heavy (non-hydrogen) atoms. The van der Waals surface area contributed by atoms with E-state index >= 15 is 0 Å². The Balaban J connectivity index is 2.03. The molecule has 0 unspecified atom stereocenters. The Bertz CT molecular complexity index is 227. The van der Waals surface area contributed by atoms with Gasteiger partial charge in [-0.3, -0.25) is 0 Å². The smallest absolute Gasteiger partial charge is 0.381 e. The standard InChI is InChI=1S/C8H8O2/c9-7(10)1-2-8-3-6(4-8)5-8/h6H,3-5H2,(H,9,10). The van der Waals surface area contributed by atoms with Crippen LogP contribution in [0.1, 0.15) is 19.3 Å². The zero-order valence-electron chi connectivity index (χ0n) is 5.55. The minimum Gasteiger partial charge on any atom is -0.472 e. The third-order valence-corrected chi connectivity index (χ3v) is 2.47. The van der Waals surface area contributed by atoms with Gasteiger partial charge < -0.3 is 5.11 Å². The van der Waals surface area contributed by atoms with E-state index in [1.807, 2.05) is 0 Å². The third kappa shape index (κ3) is 0.637. The molecule has 0 aromatic heterocycles. The van der Waals surface area contributed by atoms with Crippen LogP contribution in [0.5, 0.6) is 0 Å². The van der Waals surface area contributed by atoms with Gasteiger partial charge in [-0.05, 0) is 25.2 Å². The fourth-order valence-electron chi connectivity index (χ4n) is 1.82. The van der Waals surface area contributed by atoms with Gasteiger partial charge in [0, 0.05) is 11.3 Å². The maximum Gasteiger partial charge on any atom is 0.381 e. The summed E-state index contributed by atoms with van der Waals surface area (Å²) in [7, 11) is 0. The van der Waals surface area contributed by atoms with Gasteiger partial charge in [-0.15, -0.1) is 0 Å². The predicted octanol–water partition coefficient (Wildman–Crippen LogP) is 0.875. The maximum absolute atomic E-state index is 10.0. The lowest BCUT2D eigenvalue weighted by molar-refractivity contribution is -0.130. The van der Waals surface area contributed by atoms with Crippen molar-refractivity contribution in [1.82, 2.24) is 0 Å². The first-order chi connectivity index (χ1) is 4.70. The lowest BCUT2D eigenvalue weighted by Crippen LogP contribution is -2.50. The van der Waals surface area contributed by atoms with Gasteiger partial charge in [-0.2, -0.15) is 0 Å². The van der Waals surface area contributed by atoms with Crippen LogP contribution in [0.2, 0.25) is 0 Å². The largest absolute Gasteiger partial charge is 0.472 e. The van der Waals surface area contributed by atoms with Crippen LogP contribution in [0, 0.1) is 23.2 Å². The molecule has 2 nitrogen and oxygen atoms in total. The Labute approximate surface area is 59.2 Å². The van der Waals surface area contributed by atoms with Crippen LogP contribution in [0.15, 0.2) is 0 Å². The van der Waals surface area contributed by atoms with Crippen molar-refractivity contribution in [2.24, 2.45) is 11.3 Å². The van der Waals surface area contributed by atoms with Crippen molar-refractivity contribution >= 4 is 5.97 Å². The van der Waals surface area contributed by atoms with E-state index in [4.69, 9.17) is 5.11 Å². The van der Waals surface area contributed by atoms with E-state index in [1.165, 1.54) is 0 Å². The second-order valence-corrected chi connectivity index (χ2v) is 3.31. The number of aliphatic carboxylic acids is 1. The van der Waals surface area contributed by atoms with Crippen LogP contribution in [0.25, 0.3) is 0 Å². The van der Waals surface area contributed by atoms with Crippen LogP contribution < -0.4 is 0 Å². The van der Waals surface area contributed by atoms with Gasteiger partial charge in [0.15, 0.2) is 0 Å². The van der Waals surface area contributed by atoms with E-state index in [1.54, 1.807) is 0 Å². The van der Waals surface area contributed by atoms with Gasteiger partial charge in [0.1, 0.15) is 0 Å². The van der Waals surface area contributed by atoms with Gasteiger partial charge >= 0.3 is 5.97 Å². The summed E-state index contributed by atoms with van der Waals surface area (Å²) in [5.41, 5.74) is 0.156. The van der Waals surface area contributed by atoms with Gasteiger partial charge in [0.05, 0.1) is 0 Å². The second-order valence-electron chi connectivity index (χ2n) is 3.31. The zero-order chi connectivity index (χ0) is 7.19. The number of carboxylic acid groups (broad SMARTS) is 1. The zero-order valence-corrected chi connectivity index (χ0v) is 5.55. The Kier molecular flexibility index (Phi) is 0.894. The van der Waals surface area contributed by atoms with E-state index in [-0.39, 0.29) is 5.41 Å². The van der Waals surface area contributed by atoms with Gasteiger partial charge in [0.25, 0.3) is 0 Å². The summed E-state index contributed by atoms with van der Waals surface area (Å²) in [6, 6.07) is 0. The highest BCUT2D eigenvalue weighted by Gasteiger charge is 2.55. The molecule has 3 rings (SSSR count). The molecule has 2 heteroatoms. The van der Waals surface area contributed by atoms with Gasteiger partial charge in [-0.25, -0.2) is 4.79 Å². The van der Waals surface area contributed by atoms with Crippen LogP contribution in [-0.4, -0.2) is 11.1 Å². The number of hydrogen-bond donors (Lipinski definition) is 1. The summed E-state index contributed by atoms with van der Waals surface area (Å²) >= 11 is 0. The second kappa shape index (κ2) is 1.54. The quantitative estimate of drug-likeness (QED) is 0.502. The molecule has 3 aliphatic carbocycles. The van der Waals surface area contributed by atoms with Crippen molar-refractivity contribution in [2.75, 3.05) is 0 Å². The molecule has 3 saturated carbocycles. The maximum atomic E-state index is 10.0. The highest BCUT2D eigenvalue weighted by molar-refractivity contribution is 5.86. The summed E-state index contributed by atoms with van der Waals surface area (Å²) in [5, 5.41) is 8.24. The molecule has 2 bridgehead atoms. The van der Waals surface area contributed by atoms with E-state index in [0.717, 1.165) is 25.2 Å². The molecule has 0 aromatic carbocycles. The topological polar surface area (TPSA) is 37.3 Å². The third-order valence-electron chi connectivity index (χ3n) is 2.47. The fourth-order valence-corrected chi connectivity index (χ4v) is 1.82. The van der Waals surface area contributed by atoms with Crippen LogP contribution in [-0.2, 0) is 4.79 Å². The first-order valence-corrected chi connectivity index (χ1v) is 3.46. The van der Waals surface area contributed by atoms with Crippen LogP contribution >= 0.6 is 0 Å². The fraction of sp³-hybridized carbons (Fsp3) is 0.625. The molecule has 0 saturated heterocycles. The molecular formula is C8H8O2. The first kappa shape index (κ1) is 5.79. The van der Waals surface area contributed by atoms with E-state index < -0.39 is 5.97 Å². The van der Waals surface area contributed by atoms with Crippen molar-refractivity contribution in [2.45, 2.75) is 19.3 Å². The van der Waals surface area contributed by atoms with Crippen molar-refractivity contribution in [3.63, 3.8) is 0 Å². The Morgan fingerprint density at radius 3 is 2.40 bits per heavy atom. The molecule has 0 amide bonds. The summed E-state index contributed by atoms with van der Waals surface area (Å²) in [6.45, 7) is 0. The average Bonchev–Trinajstić information content (AvgIpc) is 1.56. The Morgan fingerprint density at radius 2 is 2.10 bits per heavy atom. The summed E-state index contributed by atoms with van der Waals surface area (Å²) in [4.78, 5) is 10.0. The Morgan fingerprint density at radius 1 is 1.50 bits per heavy atom. The molecule has 0 aliphatic heterocycles. The number of carboxylic acids is 1. The van der Waals surface area contributed by atoms with Crippen molar-refractivity contribution in [3.05, 3.63) is 0 Å². The first-order valence-electron chi connectivity index (χ1n) is 3.46. The van der Waals surface area contributed by atoms with Crippen LogP contribution in [0.3, 0.4) is 0 Å². The summed E-state index contributed by atoms with van der Waals surface area (Å²) in [6.07, 6.45) is 3.44. The lowest BCUT2D eigenvalue weighted by atomic mass is 9.45. The number of hydrogen-bond acceptors (Lipinski definition) is 1. The van der Waals surface area contributed by atoms with E-state index in [9.17, 15) is 4.79 Å². The molecule has 0 aromatic rings. The number of carbonyl (C=O) groups is 1. The van der Waals surface area contributed by atoms with Crippen molar-refractivity contribution in [3.8, 4) is 11.8 Å². The molecule has 52 valence electrons. The molecule has 1 N–H and O–H groups in total. The van der Waals surface area contributed by atoms with E-state index in [0.29, 0.717) is 0 Å². The number of rotatable bonds is 0. The average molecular weight is 136 g/mol. The molecule has 0 spiro atoms. The molecule has 0 radical (unpaired) electrons. The SMILES string of the molecule is O=C(O)C#CC12CC(C1)C2. The molecule has 0 atom stereocenters. The monoisotopic (exact) mass is 136 g/mol. The van der Waals surface area contributed by atoms with Gasteiger partial charge in [-0.1, -0.05) is 5.92 Å².